The topological polar surface area (TPSA) is 25.2 Å². The van der Waals surface area contributed by atoms with Crippen molar-refractivity contribution in [1.82, 2.24) is 5.32 Å². The molecule has 2 heteroatoms. The van der Waals surface area contributed by atoms with Crippen LogP contribution in [0.15, 0.2) is 40.8 Å². The minimum absolute atomic E-state index is 0.252. The number of para-hydroxylation sites is 1. The fourth-order valence-electron chi connectivity index (χ4n) is 2.25. The highest BCUT2D eigenvalue weighted by Crippen LogP contribution is 2.28. The van der Waals surface area contributed by atoms with E-state index in [2.05, 4.69) is 43.4 Å². The second-order valence-electron chi connectivity index (χ2n) is 4.62. The summed E-state index contributed by atoms with van der Waals surface area (Å²) < 4.78 is 5.94. The van der Waals surface area contributed by atoms with E-state index in [4.69, 9.17) is 4.42 Å². The van der Waals surface area contributed by atoms with Gasteiger partial charge in [0.25, 0.3) is 0 Å². The van der Waals surface area contributed by atoms with Gasteiger partial charge in [0.2, 0.25) is 0 Å². The Labute approximate surface area is 109 Å². The third-order valence-electron chi connectivity index (χ3n) is 3.27. The Morgan fingerprint density at radius 3 is 2.83 bits per heavy atom. The normalized spacial score (nSPS) is 13.5. The number of fused-ring (bicyclic) bond motifs is 1. The van der Waals surface area contributed by atoms with Crippen LogP contribution in [0, 0.1) is 6.92 Å². The fourth-order valence-corrected chi connectivity index (χ4v) is 2.25. The molecule has 2 nitrogen and oxygen atoms in total. The lowest BCUT2D eigenvalue weighted by Gasteiger charge is -2.11. The summed E-state index contributed by atoms with van der Waals surface area (Å²) in [4.78, 5) is 0. The average molecular weight is 243 g/mol. The number of rotatable bonds is 5. The van der Waals surface area contributed by atoms with E-state index < -0.39 is 0 Å². The van der Waals surface area contributed by atoms with Crippen molar-refractivity contribution in [1.29, 1.82) is 0 Å². The van der Waals surface area contributed by atoms with Gasteiger partial charge in [0.15, 0.2) is 0 Å². The molecule has 0 radical (unpaired) electrons. The van der Waals surface area contributed by atoms with Crippen LogP contribution in [-0.4, -0.2) is 6.54 Å². The van der Waals surface area contributed by atoms with Gasteiger partial charge in [0.05, 0.1) is 6.04 Å². The van der Waals surface area contributed by atoms with Crippen molar-refractivity contribution in [3.05, 3.63) is 47.7 Å². The van der Waals surface area contributed by atoms with Crippen molar-refractivity contribution in [3.63, 3.8) is 0 Å². The first-order valence-corrected chi connectivity index (χ1v) is 6.56. The Hall–Kier alpha value is -1.54. The van der Waals surface area contributed by atoms with Crippen LogP contribution in [0.2, 0.25) is 0 Å². The van der Waals surface area contributed by atoms with E-state index in [0.717, 1.165) is 24.3 Å². The van der Waals surface area contributed by atoms with Gasteiger partial charge in [0, 0.05) is 5.39 Å². The van der Waals surface area contributed by atoms with E-state index in [-0.39, 0.29) is 6.04 Å². The summed E-state index contributed by atoms with van der Waals surface area (Å²) in [6.45, 7) is 7.31. The molecule has 0 aliphatic heterocycles. The summed E-state index contributed by atoms with van der Waals surface area (Å²) >= 11 is 0. The molecule has 1 aromatic heterocycles. The van der Waals surface area contributed by atoms with Gasteiger partial charge in [-0.05, 0) is 45.4 Å². The van der Waals surface area contributed by atoms with E-state index in [1.807, 2.05) is 19.1 Å². The van der Waals surface area contributed by atoms with Gasteiger partial charge in [-0.1, -0.05) is 30.4 Å². The van der Waals surface area contributed by atoms with Crippen molar-refractivity contribution in [2.45, 2.75) is 33.2 Å². The largest absolute Gasteiger partial charge is 0.459 e. The number of hydrogen-bond acceptors (Lipinski definition) is 2. The molecule has 1 unspecified atom stereocenters. The molecule has 0 fully saturated rings. The Morgan fingerprint density at radius 1 is 1.33 bits per heavy atom. The summed E-state index contributed by atoms with van der Waals surface area (Å²) in [6.07, 6.45) is 5.31. The fraction of sp³-hybridized carbons (Fsp3) is 0.375. The number of nitrogens with one attached hydrogen (secondary N) is 1. The van der Waals surface area contributed by atoms with Crippen molar-refractivity contribution in [3.8, 4) is 0 Å². The maximum absolute atomic E-state index is 5.94. The Morgan fingerprint density at radius 2 is 2.11 bits per heavy atom. The minimum atomic E-state index is 0.252. The molecule has 2 rings (SSSR count). The first-order valence-electron chi connectivity index (χ1n) is 6.56. The first-order chi connectivity index (χ1) is 8.74. The molecular formula is C16H21NO. The molecule has 0 saturated heterocycles. The molecule has 0 aliphatic carbocycles. The van der Waals surface area contributed by atoms with Gasteiger partial charge in [-0.15, -0.1) is 0 Å². The summed E-state index contributed by atoms with van der Waals surface area (Å²) in [6, 6.07) is 8.46. The van der Waals surface area contributed by atoms with E-state index in [1.165, 1.54) is 10.9 Å². The highest BCUT2D eigenvalue weighted by Gasteiger charge is 2.15. The number of allylic oxidation sites excluding steroid dienone is 1. The Kier molecular flexibility index (Phi) is 4.21. The van der Waals surface area contributed by atoms with Gasteiger partial charge in [-0.3, -0.25) is 0 Å². The predicted molar refractivity (Wildman–Crippen MR) is 76.8 cm³/mol. The van der Waals surface area contributed by atoms with Crippen molar-refractivity contribution >= 4 is 11.0 Å². The monoisotopic (exact) mass is 243 g/mol. The van der Waals surface area contributed by atoms with Crippen LogP contribution in [0.3, 0.4) is 0 Å². The standard InChI is InChI=1S/C16H21NO/c1-4-5-8-11-17-13(3)16-12(2)14-9-6-7-10-15(14)18-16/h4-7,9-10,13,17H,8,11H2,1-3H3/b5-4+. The predicted octanol–water partition coefficient (Wildman–Crippen LogP) is 4.36. The minimum Gasteiger partial charge on any atom is -0.459 e. The number of aryl methyl sites for hydroxylation is 1. The zero-order valence-electron chi connectivity index (χ0n) is 11.4. The molecule has 0 aliphatic rings. The number of hydrogen-bond donors (Lipinski definition) is 1. The van der Waals surface area contributed by atoms with E-state index in [1.54, 1.807) is 0 Å². The maximum atomic E-state index is 5.94. The lowest BCUT2D eigenvalue weighted by atomic mass is 10.1. The van der Waals surface area contributed by atoms with Crippen LogP contribution in [0.1, 0.15) is 37.6 Å². The molecule has 2 aromatic rings. The molecule has 1 heterocycles. The lowest BCUT2D eigenvalue weighted by Crippen LogP contribution is -2.19. The van der Waals surface area contributed by atoms with Gasteiger partial charge in [-0.2, -0.15) is 0 Å². The summed E-state index contributed by atoms with van der Waals surface area (Å²) in [5, 5.41) is 4.71. The van der Waals surface area contributed by atoms with Crippen molar-refractivity contribution in [2.24, 2.45) is 0 Å². The smallest absolute Gasteiger partial charge is 0.134 e. The van der Waals surface area contributed by atoms with Gasteiger partial charge in [0.1, 0.15) is 11.3 Å². The third kappa shape index (κ3) is 2.65. The van der Waals surface area contributed by atoms with Crippen LogP contribution in [-0.2, 0) is 0 Å². The molecule has 1 N–H and O–H groups in total. The molecule has 0 bridgehead atoms. The molecule has 96 valence electrons. The second kappa shape index (κ2) is 5.87. The Balaban J connectivity index is 2.12. The number of furan rings is 1. The SMILES string of the molecule is C/C=C/CCNC(C)c1oc2ccccc2c1C. The molecule has 0 saturated carbocycles. The quantitative estimate of drug-likeness (QED) is 0.623. The molecule has 1 aromatic carbocycles. The highest BCUT2D eigenvalue weighted by molar-refractivity contribution is 5.82. The average Bonchev–Trinajstić information content (AvgIpc) is 2.73. The van der Waals surface area contributed by atoms with Crippen LogP contribution in [0.4, 0.5) is 0 Å². The zero-order valence-corrected chi connectivity index (χ0v) is 11.4. The third-order valence-corrected chi connectivity index (χ3v) is 3.27. The van der Waals surface area contributed by atoms with E-state index in [9.17, 15) is 0 Å². The zero-order chi connectivity index (χ0) is 13.0. The molecule has 0 spiro atoms. The van der Waals surface area contributed by atoms with Gasteiger partial charge >= 0.3 is 0 Å². The molecular weight excluding hydrogens is 222 g/mol. The maximum Gasteiger partial charge on any atom is 0.134 e. The molecule has 1 atom stereocenters. The molecule has 0 amide bonds. The van der Waals surface area contributed by atoms with E-state index in [0.29, 0.717) is 0 Å². The second-order valence-corrected chi connectivity index (χ2v) is 4.62. The summed E-state index contributed by atoms with van der Waals surface area (Å²) in [7, 11) is 0. The van der Waals surface area contributed by atoms with Crippen molar-refractivity contribution < 1.29 is 4.42 Å². The van der Waals surface area contributed by atoms with Gasteiger partial charge < -0.3 is 9.73 Å². The van der Waals surface area contributed by atoms with E-state index >= 15 is 0 Å². The summed E-state index contributed by atoms with van der Waals surface area (Å²) in [5.74, 6) is 1.05. The van der Waals surface area contributed by atoms with Crippen LogP contribution < -0.4 is 5.32 Å². The number of benzene rings is 1. The van der Waals surface area contributed by atoms with Crippen molar-refractivity contribution in [2.75, 3.05) is 6.54 Å². The van der Waals surface area contributed by atoms with Crippen LogP contribution in [0.5, 0.6) is 0 Å². The Bertz CT molecular complexity index is 539. The first kappa shape index (κ1) is 12.9. The van der Waals surface area contributed by atoms with Gasteiger partial charge in [-0.25, -0.2) is 0 Å². The highest BCUT2D eigenvalue weighted by atomic mass is 16.3. The summed E-state index contributed by atoms with van der Waals surface area (Å²) in [5.41, 5.74) is 2.23. The van der Waals surface area contributed by atoms with Crippen LogP contribution >= 0.6 is 0 Å². The van der Waals surface area contributed by atoms with Crippen LogP contribution in [0.25, 0.3) is 11.0 Å². The molecule has 18 heavy (non-hydrogen) atoms. The lowest BCUT2D eigenvalue weighted by molar-refractivity contribution is 0.451.